The number of imidazole rings is 1. The molecule has 0 amide bonds. The van der Waals surface area contributed by atoms with Crippen LogP contribution in [-0.4, -0.2) is 54.1 Å². The lowest BCUT2D eigenvalue weighted by atomic mass is 9.45. The number of aliphatic hydroxyl groups is 2. The Balaban J connectivity index is 1.05. The minimum atomic E-state index is -1.58. The molecule has 3 N–H and O–H groups in total. The van der Waals surface area contributed by atoms with E-state index in [4.69, 9.17) is 4.74 Å². The lowest BCUT2D eigenvalue weighted by molar-refractivity contribution is -0.180. The number of Topliss-reactive ketones (excluding diaryl/α,β-unsaturated/α-hetero) is 1. The third-order valence-corrected chi connectivity index (χ3v) is 11.8. The summed E-state index contributed by atoms with van der Waals surface area (Å²) < 4.78 is 21.2. The average Bonchev–Trinajstić information content (AvgIpc) is 3.68. The molecule has 4 aliphatic rings. The number of hydrogen-bond acceptors (Lipinski definition) is 6. The Morgan fingerprint density at radius 1 is 1.16 bits per heavy atom. The molecule has 2 aromatic heterocycles. The van der Waals surface area contributed by atoms with Crippen molar-refractivity contribution in [3.63, 3.8) is 0 Å². The monoisotopic (exact) mass is 596 g/mol. The molecule has 9 heteroatoms. The van der Waals surface area contributed by atoms with Gasteiger partial charge in [0.15, 0.2) is 6.61 Å². The number of aromatic amines is 1. The van der Waals surface area contributed by atoms with Crippen LogP contribution in [0.25, 0.3) is 22.8 Å². The number of rotatable bonds is 5. The van der Waals surface area contributed by atoms with Gasteiger partial charge in [-0.25, -0.2) is 9.07 Å². The largest absolute Gasteiger partial charge is 0.457 e. The number of hydrogen-bond donors (Lipinski definition) is 3. The Morgan fingerprint density at radius 2 is 1.95 bits per heavy atom. The molecule has 2 aromatic carbocycles. The summed E-state index contributed by atoms with van der Waals surface area (Å²) in [5.74, 6) is -0.342. The molecular formula is C35H37FN4O4. The predicted octanol–water partition coefficient (Wildman–Crippen LogP) is 5.42. The molecule has 3 saturated carbocycles. The molecule has 4 aromatic rings. The van der Waals surface area contributed by atoms with E-state index in [0.717, 1.165) is 53.7 Å². The Labute approximate surface area is 255 Å². The maximum absolute atomic E-state index is 13.7. The van der Waals surface area contributed by atoms with E-state index in [2.05, 4.69) is 28.1 Å². The summed E-state index contributed by atoms with van der Waals surface area (Å²) in [5, 5.41) is 28.7. The van der Waals surface area contributed by atoms with Crippen molar-refractivity contribution in [2.24, 2.45) is 28.6 Å². The van der Waals surface area contributed by atoms with Gasteiger partial charge in [-0.1, -0.05) is 31.6 Å². The van der Waals surface area contributed by atoms with Crippen molar-refractivity contribution in [2.45, 2.75) is 64.1 Å². The first-order valence-corrected chi connectivity index (χ1v) is 15.7. The van der Waals surface area contributed by atoms with Crippen LogP contribution < -0.4 is 4.74 Å². The summed E-state index contributed by atoms with van der Waals surface area (Å²) in [6.07, 6.45) is 7.45. The Bertz CT molecular complexity index is 1780. The molecule has 0 bridgehead atoms. The smallest absolute Gasteiger partial charge is 0.295 e. The minimum absolute atomic E-state index is 0.00662. The van der Waals surface area contributed by atoms with Gasteiger partial charge >= 0.3 is 0 Å². The Hall–Kier alpha value is -3.82. The quantitative estimate of drug-likeness (QED) is 0.284. The van der Waals surface area contributed by atoms with Gasteiger partial charge in [-0.15, -0.1) is 0 Å². The number of aliphatic hydroxyl groups excluding tert-OH is 1. The zero-order chi connectivity index (χ0) is 30.4. The normalized spacial score (nSPS) is 34.1. The van der Waals surface area contributed by atoms with Gasteiger partial charge in [-0.2, -0.15) is 10.1 Å². The molecule has 8 rings (SSSR count). The molecule has 0 radical (unpaired) electrons. The van der Waals surface area contributed by atoms with Gasteiger partial charge in [0, 0.05) is 5.41 Å². The van der Waals surface area contributed by atoms with E-state index >= 15 is 0 Å². The van der Waals surface area contributed by atoms with E-state index in [1.54, 1.807) is 12.1 Å². The van der Waals surface area contributed by atoms with Gasteiger partial charge in [-0.3, -0.25) is 4.79 Å². The van der Waals surface area contributed by atoms with Crippen molar-refractivity contribution < 1.29 is 24.1 Å². The van der Waals surface area contributed by atoms with Gasteiger partial charge in [0.2, 0.25) is 5.78 Å². The number of nitrogens with zero attached hydrogens (tertiary/aromatic N) is 3. The van der Waals surface area contributed by atoms with Gasteiger partial charge in [0.25, 0.3) is 6.01 Å². The van der Waals surface area contributed by atoms with E-state index in [1.807, 2.05) is 42.1 Å². The second-order valence-electron chi connectivity index (χ2n) is 13.9. The molecule has 8 nitrogen and oxygen atoms in total. The number of fused-ring (bicyclic) bond motifs is 7. The second-order valence-corrected chi connectivity index (χ2v) is 13.9. The van der Waals surface area contributed by atoms with Gasteiger partial charge < -0.3 is 19.9 Å². The number of para-hydroxylation sites is 2. The van der Waals surface area contributed by atoms with E-state index in [9.17, 15) is 19.4 Å². The molecule has 0 saturated heterocycles. The lowest BCUT2D eigenvalue weighted by Crippen LogP contribution is -2.62. The molecular weight excluding hydrogens is 559 g/mol. The highest BCUT2D eigenvalue weighted by molar-refractivity contribution is 5.90. The topological polar surface area (TPSA) is 113 Å². The number of ether oxygens (including phenoxy) is 1. The highest BCUT2D eigenvalue weighted by Gasteiger charge is 2.68. The highest BCUT2D eigenvalue weighted by Crippen LogP contribution is 2.67. The van der Waals surface area contributed by atoms with Crippen molar-refractivity contribution in [3.8, 4) is 11.7 Å². The van der Waals surface area contributed by atoms with Gasteiger partial charge in [0.1, 0.15) is 11.4 Å². The van der Waals surface area contributed by atoms with Crippen LogP contribution in [-0.2, 0) is 11.2 Å². The number of halogens is 1. The highest BCUT2D eigenvalue weighted by atomic mass is 19.1. The average molecular weight is 597 g/mol. The van der Waals surface area contributed by atoms with Gasteiger partial charge in [0.05, 0.1) is 34.7 Å². The first-order chi connectivity index (χ1) is 21.1. The third-order valence-electron chi connectivity index (χ3n) is 11.8. The number of benzene rings is 2. The molecule has 228 valence electrons. The van der Waals surface area contributed by atoms with Crippen LogP contribution in [0.2, 0.25) is 0 Å². The summed E-state index contributed by atoms with van der Waals surface area (Å²) in [4.78, 5) is 21.2. The van der Waals surface area contributed by atoms with Crippen molar-refractivity contribution in [1.82, 2.24) is 19.7 Å². The minimum Gasteiger partial charge on any atom is -0.457 e. The number of ketones is 1. The van der Waals surface area contributed by atoms with Crippen LogP contribution in [0.1, 0.15) is 57.2 Å². The van der Waals surface area contributed by atoms with Crippen LogP contribution in [0, 0.1) is 34.4 Å². The molecule has 3 fully saturated rings. The fourth-order valence-corrected chi connectivity index (χ4v) is 9.69. The lowest BCUT2D eigenvalue weighted by Gasteiger charge is -2.60. The number of H-pyrrole nitrogens is 1. The number of allylic oxidation sites excluding steroid dienone is 1. The molecule has 44 heavy (non-hydrogen) atoms. The van der Waals surface area contributed by atoms with Crippen LogP contribution >= 0.6 is 0 Å². The van der Waals surface area contributed by atoms with Crippen molar-refractivity contribution in [2.75, 3.05) is 6.61 Å². The van der Waals surface area contributed by atoms with Crippen LogP contribution in [0.5, 0.6) is 6.01 Å². The van der Waals surface area contributed by atoms with Crippen molar-refractivity contribution in [3.05, 3.63) is 77.4 Å². The fraction of sp³-hybridized carbons (Fsp3) is 0.457. The van der Waals surface area contributed by atoms with Crippen molar-refractivity contribution >= 4 is 22.9 Å². The standard InChI is InChI=1S/C35H37FN4O4/c1-33-16-20-18-37-40(23-10-8-22(36)9-11-23)28(20)15-21(33)7-12-24-25-13-14-35(43,34(25,2)17-29(41)31(24)33)30(42)19-44-32-38-26-5-3-4-6-27(26)39-32/h3-6,8-11,15,18,24-25,29,31,41,43H,7,12-14,16-17,19H2,1-2H3,(H,38,39)/t24?,25?,29-,31?,33?,34?,35?/m0/s1. The van der Waals surface area contributed by atoms with Gasteiger partial charge in [-0.05, 0) is 110 Å². The van der Waals surface area contributed by atoms with Crippen molar-refractivity contribution in [1.29, 1.82) is 0 Å². The number of carbonyl (C=O) groups is 1. The first-order valence-electron chi connectivity index (χ1n) is 15.7. The second kappa shape index (κ2) is 9.59. The molecule has 0 spiro atoms. The maximum Gasteiger partial charge on any atom is 0.295 e. The summed E-state index contributed by atoms with van der Waals surface area (Å²) >= 11 is 0. The Morgan fingerprint density at radius 3 is 2.75 bits per heavy atom. The first kappa shape index (κ1) is 27.7. The SMILES string of the molecule is CC12Cc3cnn(-c4ccc(F)cc4)c3C=C1CCC1C2[C@@H](O)CC2(C)C1CCC2(O)C(=O)COc1nc2ccccc2[nH]1. The van der Waals surface area contributed by atoms with Crippen LogP contribution in [0.3, 0.4) is 0 Å². The van der Waals surface area contributed by atoms with E-state index in [-0.39, 0.29) is 47.4 Å². The summed E-state index contributed by atoms with van der Waals surface area (Å²) in [7, 11) is 0. The third kappa shape index (κ3) is 3.84. The summed E-state index contributed by atoms with van der Waals surface area (Å²) in [6.45, 7) is 3.99. The molecule has 0 aliphatic heterocycles. The summed E-state index contributed by atoms with van der Waals surface area (Å²) in [5.41, 5.74) is 3.22. The number of aromatic nitrogens is 4. The predicted molar refractivity (Wildman–Crippen MR) is 163 cm³/mol. The maximum atomic E-state index is 13.7. The molecule has 2 heterocycles. The number of carbonyl (C=O) groups excluding carboxylic acids is 1. The summed E-state index contributed by atoms with van der Waals surface area (Å²) in [6, 6.07) is 14.2. The van der Waals surface area contributed by atoms with E-state index in [1.165, 1.54) is 17.7 Å². The van der Waals surface area contributed by atoms with E-state index < -0.39 is 17.1 Å². The Kier molecular flexibility index (Phi) is 6.04. The fourth-order valence-electron chi connectivity index (χ4n) is 9.69. The van der Waals surface area contributed by atoms with Crippen LogP contribution in [0.15, 0.2) is 60.3 Å². The molecule has 7 atom stereocenters. The van der Waals surface area contributed by atoms with Crippen LogP contribution in [0.4, 0.5) is 4.39 Å². The molecule has 6 unspecified atom stereocenters. The number of nitrogens with one attached hydrogen (secondary N) is 1. The zero-order valence-corrected chi connectivity index (χ0v) is 25.0. The molecule has 4 aliphatic carbocycles. The zero-order valence-electron chi connectivity index (χ0n) is 25.0. The van der Waals surface area contributed by atoms with E-state index in [0.29, 0.717) is 12.8 Å².